The summed E-state index contributed by atoms with van der Waals surface area (Å²) in [5, 5.41) is 8.15. The molecule has 0 radical (unpaired) electrons. The Morgan fingerprint density at radius 1 is 1.55 bits per heavy atom. The molecule has 1 atom stereocenters. The van der Waals surface area contributed by atoms with E-state index in [9.17, 15) is 9.59 Å². The number of carbonyl (C=O) groups excluding carboxylic acids is 1. The summed E-state index contributed by atoms with van der Waals surface area (Å²) in [7, 11) is -0.759. The maximum atomic E-state index is 11.0. The monoisotopic (exact) mass is 179 g/mol. The average molecular weight is 179 g/mol. The van der Waals surface area contributed by atoms with Gasteiger partial charge in [0.15, 0.2) is 5.12 Å². The molecule has 0 aromatic carbocycles. The van der Waals surface area contributed by atoms with Crippen molar-refractivity contribution in [2.24, 2.45) is 5.73 Å². The van der Waals surface area contributed by atoms with Crippen LogP contribution in [0.5, 0.6) is 0 Å². The molecule has 11 heavy (non-hydrogen) atoms. The lowest BCUT2D eigenvalue weighted by atomic mass is 10.2. The number of thiol groups is 1. The van der Waals surface area contributed by atoms with Crippen LogP contribution in [0.3, 0.4) is 0 Å². The fourth-order valence-electron chi connectivity index (χ4n) is 0.607. The van der Waals surface area contributed by atoms with Crippen LogP contribution in [0.4, 0.5) is 0 Å². The van der Waals surface area contributed by atoms with Gasteiger partial charge in [0.05, 0.1) is 12.5 Å². The molecule has 0 aliphatic carbocycles. The molecule has 0 aromatic rings. The molecule has 5 heteroatoms. The van der Waals surface area contributed by atoms with Crippen molar-refractivity contribution in [3.63, 3.8) is 0 Å². The van der Waals surface area contributed by atoms with E-state index in [4.69, 9.17) is 10.8 Å². The Bertz CT molecular complexity index is 169. The van der Waals surface area contributed by atoms with Crippen LogP contribution in [0.2, 0.25) is 0 Å². The molecule has 0 aromatic heterocycles. The first-order valence-electron chi connectivity index (χ1n) is 3.13. The molecule has 1 unspecified atom stereocenters. The van der Waals surface area contributed by atoms with Crippen molar-refractivity contribution in [2.75, 3.05) is 12.5 Å². The standard InChI is InChI=1S/C6H13NO3S/c1-11(2)6(10)4(7)3-5(8)9/h4,11H,3,7H2,1-2H3,(H,8,9). The van der Waals surface area contributed by atoms with E-state index in [2.05, 4.69) is 0 Å². The minimum atomic E-state index is -1.03. The Kier molecular flexibility index (Phi) is 4.14. The fourth-order valence-corrected chi connectivity index (χ4v) is 1.36. The summed E-state index contributed by atoms with van der Waals surface area (Å²) < 4.78 is 0. The molecule has 0 fully saturated rings. The number of carboxylic acids is 1. The predicted molar refractivity (Wildman–Crippen MR) is 46.1 cm³/mol. The third-order valence-electron chi connectivity index (χ3n) is 1.15. The SMILES string of the molecule is C[SH](C)C(=O)C(N)CC(=O)O. The van der Waals surface area contributed by atoms with Crippen molar-refractivity contribution in [3.05, 3.63) is 0 Å². The molecule has 0 heterocycles. The van der Waals surface area contributed by atoms with Crippen LogP contribution in [0, 0.1) is 0 Å². The highest BCUT2D eigenvalue weighted by Gasteiger charge is 2.17. The maximum absolute atomic E-state index is 11.0. The molecule has 0 rings (SSSR count). The van der Waals surface area contributed by atoms with Crippen LogP contribution in [0.1, 0.15) is 6.42 Å². The van der Waals surface area contributed by atoms with Crippen LogP contribution >= 0.6 is 10.9 Å². The van der Waals surface area contributed by atoms with Gasteiger partial charge in [-0.05, 0) is 12.5 Å². The lowest BCUT2D eigenvalue weighted by Gasteiger charge is -2.12. The second-order valence-electron chi connectivity index (χ2n) is 2.44. The number of carbonyl (C=O) groups is 2. The summed E-state index contributed by atoms with van der Waals surface area (Å²) in [6.07, 6.45) is 3.26. The second kappa shape index (κ2) is 4.35. The lowest BCUT2D eigenvalue weighted by molar-refractivity contribution is -0.138. The molecular weight excluding hydrogens is 166 g/mol. The lowest BCUT2D eigenvalue weighted by Crippen LogP contribution is -2.32. The number of nitrogens with two attached hydrogens (primary N) is 1. The van der Waals surface area contributed by atoms with E-state index in [0.717, 1.165) is 0 Å². The van der Waals surface area contributed by atoms with E-state index in [1.807, 2.05) is 0 Å². The zero-order chi connectivity index (χ0) is 9.02. The van der Waals surface area contributed by atoms with Crippen LogP contribution in [0.15, 0.2) is 0 Å². The van der Waals surface area contributed by atoms with Crippen LogP contribution in [0.25, 0.3) is 0 Å². The Labute approximate surface area is 68.1 Å². The van der Waals surface area contributed by atoms with E-state index < -0.39 is 22.9 Å². The Balaban J connectivity index is 3.93. The van der Waals surface area contributed by atoms with Crippen LogP contribution in [-0.4, -0.2) is 34.7 Å². The average Bonchev–Trinajstić information content (AvgIpc) is 1.84. The van der Waals surface area contributed by atoms with Gasteiger partial charge in [0.25, 0.3) is 0 Å². The molecule has 0 spiro atoms. The second-order valence-corrected chi connectivity index (χ2v) is 4.67. The van der Waals surface area contributed by atoms with E-state index in [1.54, 1.807) is 12.5 Å². The highest BCUT2D eigenvalue weighted by atomic mass is 32.2. The zero-order valence-electron chi connectivity index (χ0n) is 6.57. The van der Waals surface area contributed by atoms with Gasteiger partial charge in [-0.2, -0.15) is 10.9 Å². The van der Waals surface area contributed by atoms with Crippen molar-refractivity contribution < 1.29 is 14.7 Å². The predicted octanol–water partition coefficient (Wildman–Crippen LogP) is -0.424. The Hall–Kier alpha value is -0.550. The van der Waals surface area contributed by atoms with Gasteiger partial charge in [0.1, 0.15) is 0 Å². The molecule has 0 saturated carbocycles. The van der Waals surface area contributed by atoms with E-state index in [-0.39, 0.29) is 11.5 Å². The van der Waals surface area contributed by atoms with Crippen molar-refractivity contribution in [1.29, 1.82) is 0 Å². The molecule has 0 saturated heterocycles. The molecule has 4 nitrogen and oxygen atoms in total. The normalized spacial score (nSPS) is 13.9. The first kappa shape index (κ1) is 10.4. The zero-order valence-corrected chi connectivity index (χ0v) is 7.47. The summed E-state index contributed by atoms with van der Waals surface area (Å²) in [5.41, 5.74) is 5.30. The maximum Gasteiger partial charge on any atom is 0.305 e. The molecule has 0 amide bonds. The van der Waals surface area contributed by atoms with Gasteiger partial charge in [-0.3, -0.25) is 9.59 Å². The van der Waals surface area contributed by atoms with Crippen molar-refractivity contribution in [3.8, 4) is 0 Å². The molecule has 0 aliphatic heterocycles. The minimum Gasteiger partial charge on any atom is -0.481 e. The summed E-state index contributed by atoms with van der Waals surface area (Å²) in [5.74, 6) is -1.03. The van der Waals surface area contributed by atoms with Crippen LogP contribution in [-0.2, 0) is 9.59 Å². The molecule has 0 aliphatic rings. The Morgan fingerprint density at radius 2 is 2.00 bits per heavy atom. The number of carboxylic acid groups (broad SMARTS) is 1. The molecule has 0 bridgehead atoms. The van der Waals surface area contributed by atoms with Crippen molar-refractivity contribution >= 4 is 22.0 Å². The fraction of sp³-hybridized carbons (Fsp3) is 0.667. The third-order valence-corrected chi connectivity index (χ3v) is 2.37. The smallest absolute Gasteiger partial charge is 0.305 e. The molecule has 66 valence electrons. The van der Waals surface area contributed by atoms with E-state index >= 15 is 0 Å². The van der Waals surface area contributed by atoms with Gasteiger partial charge < -0.3 is 10.8 Å². The van der Waals surface area contributed by atoms with Gasteiger partial charge in [-0.1, -0.05) is 0 Å². The molecule has 3 N–H and O–H groups in total. The van der Waals surface area contributed by atoms with Crippen LogP contribution < -0.4 is 5.73 Å². The van der Waals surface area contributed by atoms with Crippen molar-refractivity contribution in [2.45, 2.75) is 12.5 Å². The van der Waals surface area contributed by atoms with Gasteiger partial charge in [0.2, 0.25) is 0 Å². The highest BCUT2D eigenvalue weighted by molar-refractivity contribution is 8.28. The summed E-state index contributed by atoms with van der Waals surface area (Å²) in [6.45, 7) is 0. The first-order valence-corrected chi connectivity index (χ1v) is 5.37. The topological polar surface area (TPSA) is 80.4 Å². The van der Waals surface area contributed by atoms with E-state index in [0.29, 0.717) is 0 Å². The highest BCUT2D eigenvalue weighted by Crippen LogP contribution is 2.17. The van der Waals surface area contributed by atoms with Gasteiger partial charge in [-0.15, -0.1) is 0 Å². The Morgan fingerprint density at radius 3 is 2.27 bits per heavy atom. The van der Waals surface area contributed by atoms with Gasteiger partial charge in [-0.25, -0.2) is 0 Å². The summed E-state index contributed by atoms with van der Waals surface area (Å²) in [6, 6.07) is -0.825. The third kappa shape index (κ3) is 4.00. The number of aliphatic carboxylic acids is 1. The van der Waals surface area contributed by atoms with Crippen molar-refractivity contribution in [1.82, 2.24) is 0 Å². The van der Waals surface area contributed by atoms with Gasteiger partial charge >= 0.3 is 5.97 Å². The first-order chi connectivity index (χ1) is 4.95. The number of rotatable bonds is 3. The summed E-state index contributed by atoms with van der Waals surface area (Å²) in [4.78, 5) is 21.1. The minimum absolute atomic E-state index is 0.137. The number of hydrogen-bond donors (Lipinski definition) is 3. The van der Waals surface area contributed by atoms with E-state index in [1.165, 1.54) is 0 Å². The number of hydrogen-bond acceptors (Lipinski definition) is 3. The summed E-state index contributed by atoms with van der Waals surface area (Å²) >= 11 is 0. The van der Waals surface area contributed by atoms with Gasteiger partial charge in [0, 0.05) is 0 Å². The quantitative estimate of drug-likeness (QED) is 0.514. The molecular formula is C6H13NO3S. The largest absolute Gasteiger partial charge is 0.481 e.